The van der Waals surface area contributed by atoms with Crippen LogP contribution in [-0.4, -0.2) is 74.1 Å². The van der Waals surface area contributed by atoms with Crippen molar-refractivity contribution in [2.24, 2.45) is 0 Å². The highest BCUT2D eigenvalue weighted by molar-refractivity contribution is 5.89. The monoisotopic (exact) mass is 471 g/mol. The predicted molar refractivity (Wildman–Crippen MR) is 139 cm³/mol. The van der Waals surface area contributed by atoms with Crippen LogP contribution in [0.3, 0.4) is 0 Å². The van der Waals surface area contributed by atoms with Gasteiger partial charge in [-0.15, -0.1) is 0 Å². The molecule has 3 aliphatic rings. The summed E-state index contributed by atoms with van der Waals surface area (Å²) in [7, 11) is 4.19. The van der Waals surface area contributed by atoms with Crippen molar-refractivity contribution in [2.75, 3.05) is 39.0 Å². The number of hydrogen-bond acceptors (Lipinski definition) is 6. The second kappa shape index (κ2) is 12.3. The summed E-state index contributed by atoms with van der Waals surface area (Å²) in [6, 6.07) is 7.02. The first kappa shape index (κ1) is 25.4. The number of hydrogen-bond donors (Lipinski definition) is 5. The van der Waals surface area contributed by atoms with Crippen molar-refractivity contribution in [3.63, 3.8) is 0 Å². The third-order valence-electron chi connectivity index (χ3n) is 7.56. The maximum absolute atomic E-state index is 13.1. The number of likely N-dealkylation sites (N-methyl/N-ethyl adjacent to an activating group) is 1. The second-order valence-electron chi connectivity index (χ2n) is 10.6. The fraction of sp³-hybridized carbons (Fsp3) is 0.731. The van der Waals surface area contributed by atoms with Crippen LogP contribution < -0.4 is 26.6 Å². The second-order valence-corrected chi connectivity index (χ2v) is 10.6. The molecule has 190 valence electrons. The van der Waals surface area contributed by atoms with Crippen LogP contribution in [0.1, 0.15) is 63.0 Å². The minimum atomic E-state index is -0.192. The van der Waals surface area contributed by atoms with E-state index in [2.05, 4.69) is 69.5 Å². The molecule has 1 aromatic rings. The van der Waals surface area contributed by atoms with E-state index >= 15 is 0 Å². The first-order valence-corrected chi connectivity index (χ1v) is 13.3. The van der Waals surface area contributed by atoms with E-state index in [1.54, 1.807) is 0 Å². The van der Waals surface area contributed by atoms with Crippen molar-refractivity contribution < 1.29 is 4.79 Å². The van der Waals surface area contributed by atoms with Crippen molar-refractivity contribution in [2.45, 2.75) is 89.4 Å². The summed E-state index contributed by atoms with van der Waals surface area (Å²) in [6.45, 7) is 6.11. The van der Waals surface area contributed by atoms with Gasteiger partial charge in [-0.1, -0.05) is 31.7 Å². The Kier molecular flexibility index (Phi) is 9.19. The lowest BCUT2D eigenvalue weighted by molar-refractivity contribution is -0.00706. The van der Waals surface area contributed by atoms with Gasteiger partial charge < -0.3 is 26.2 Å². The van der Waals surface area contributed by atoms with Gasteiger partial charge in [0, 0.05) is 37.4 Å². The van der Waals surface area contributed by atoms with Gasteiger partial charge in [-0.05, 0) is 76.5 Å². The molecule has 0 bridgehead atoms. The van der Waals surface area contributed by atoms with Gasteiger partial charge in [0.25, 0.3) is 0 Å². The number of fused-ring (bicyclic) bond motifs is 1. The number of nitrogens with zero attached hydrogens (tertiary/aromatic N) is 2. The molecule has 1 aromatic carbocycles. The molecule has 34 heavy (non-hydrogen) atoms. The number of nitrogens with one attached hydrogen (secondary N) is 5. The Hall–Kier alpha value is -1.71. The van der Waals surface area contributed by atoms with E-state index in [1.165, 1.54) is 49.7 Å². The highest BCUT2D eigenvalue weighted by Gasteiger charge is 2.37. The zero-order chi connectivity index (χ0) is 23.9. The molecule has 2 fully saturated rings. The molecular weight excluding hydrogens is 426 g/mol. The van der Waals surface area contributed by atoms with Gasteiger partial charge in [-0.25, -0.2) is 4.79 Å². The van der Waals surface area contributed by atoms with Crippen LogP contribution in [0, 0.1) is 0 Å². The highest BCUT2D eigenvalue weighted by atomic mass is 16.2. The summed E-state index contributed by atoms with van der Waals surface area (Å²) in [6.07, 6.45) is 9.69. The molecule has 3 unspecified atom stereocenters. The van der Waals surface area contributed by atoms with E-state index in [0.717, 1.165) is 44.7 Å². The lowest BCUT2D eigenvalue weighted by atomic mass is 10.0. The van der Waals surface area contributed by atoms with Gasteiger partial charge in [-0.2, -0.15) is 0 Å². The standard InChI is InChI=1S/C26H45N7O/c1-19-16-24(28-14-15-32(2)3)30-25(33(19)23-8-6-4-5-7-9-23)31-26(34)29-22-11-10-20-12-13-27-18-21(20)17-22/h10-11,17,19,23-25,27-28,30H,4-9,12-16,18H2,1-3H3,(H2,29,31,34). The summed E-state index contributed by atoms with van der Waals surface area (Å²) in [5, 5.41) is 17.1. The molecule has 4 rings (SSSR count). The molecule has 3 atom stereocenters. The molecule has 1 saturated heterocycles. The molecule has 2 heterocycles. The average molecular weight is 472 g/mol. The molecule has 5 N–H and O–H groups in total. The van der Waals surface area contributed by atoms with Gasteiger partial charge >= 0.3 is 6.03 Å². The third kappa shape index (κ3) is 6.92. The first-order valence-electron chi connectivity index (χ1n) is 13.3. The van der Waals surface area contributed by atoms with Crippen LogP contribution in [0.2, 0.25) is 0 Å². The largest absolute Gasteiger partial charge is 0.321 e. The Morgan fingerprint density at radius 2 is 1.94 bits per heavy atom. The first-order chi connectivity index (χ1) is 16.5. The quantitative estimate of drug-likeness (QED) is 0.393. The van der Waals surface area contributed by atoms with Crippen LogP contribution in [0.4, 0.5) is 10.5 Å². The molecule has 1 saturated carbocycles. The third-order valence-corrected chi connectivity index (χ3v) is 7.56. The lowest BCUT2D eigenvalue weighted by Crippen LogP contribution is -2.71. The van der Waals surface area contributed by atoms with Crippen LogP contribution in [-0.2, 0) is 13.0 Å². The van der Waals surface area contributed by atoms with Crippen molar-refractivity contribution >= 4 is 11.7 Å². The van der Waals surface area contributed by atoms with Gasteiger partial charge in [-0.3, -0.25) is 10.2 Å². The summed E-state index contributed by atoms with van der Waals surface area (Å²) in [5.41, 5.74) is 3.50. The van der Waals surface area contributed by atoms with E-state index in [1.807, 2.05) is 6.07 Å². The number of rotatable bonds is 7. The Balaban J connectivity index is 1.42. The fourth-order valence-corrected chi connectivity index (χ4v) is 5.76. The smallest absolute Gasteiger partial charge is 0.312 e. The minimum Gasteiger partial charge on any atom is -0.312 e. The Morgan fingerprint density at radius 3 is 2.71 bits per heavy atom. The number of amides is 2. The summed E-state index contributed by atoms with van der Waals surface area (Å²) >= 11 is 0. The van der Waals surface area contributed by atoms with Crippen molar-refractivity contribution in [1.29, 1.82) is 0 Å². The topological polar surface area (TPSA) is 83.7 Å². The van der Waals surface area contributed by atoms with E-state index in [9.17, 15) is 4.79 Å². The molecule has 2 aliphatic heterocycles. The number of carbonyl (C=O) groups excluding carboxylic acids is 1. The van der Waals surface area contributed by atoms with E-state index in [0.29, 0.717) is 12.1 Å². The summed E-state index contributed by atoms with van der Waals surface area (Å²) in [5.74, 6) is 0. The zero-order valence-corrected chi connectivity index (χ0v) is 21.3. The maximum Gasteiger partial charge on any atom is 0.321 e. The molecule has 0 radical (unpaired) electrons. The van der Waals surface area contributed by atoms with Crippen LogP contribution in [0.25, 0.3) is 0 Å². The Morgan fingerprint density at radius 1 is 1.15 bits per heavy atom. The van der Waals surface area contributed by atoms with Gasteiger partial charge in [0.05, 0.1) is 6.17 Å². The highest BCUT2D eigenvalue weighted by Crippen LogP contribution is 2.28. The molecule has 2 amide bonds. The number of carbonyl (C=O) groups is 1. The molecular formula is C26H45N7O. The van der Waals surface area contributed by atoms with Crippen LogP contribution in [0.5, 0.6) is 0 Å². The summed E-state index contributed by atoms with van der Waals surface area (Å²) in [4.78, 5) is 17.9. The average Bonchev–Trinajstić information content (AvgIpc) is 3.08. The van der Waals surface area contributed by atoms with Crippen molar-refractivity contribution in [3.05, 3.63) is 29.3 Å². The fourth-order valence-electron chi connectivity index (χ4n) is 5.76. The normalized spacial score (nSPS) is 26.6. The number of urea groups is 1. The zero-order valence-electron chi connectivity index (χ0n) is 21.3. The van der Waals surface area contributed by atoms with Crippen LogP contribution in [0.15, 0.2) is 18.2 Å². The van der Waals surface area contributed by atoms with Crippen molar-refractivity contribution in [3.8, 4) is 0 Å². The summed E-state index contributed by atoms with van der Waals surface area (Å²) < 4.78 is 0. The van der Waals surface area contributed by atoms with Crippen LogP contribution >= 0.6 is 0 Å². The van der Waals surface area contributed by atoms with E-state index in [4.69, 9.17) is 0 Å². The molecule has 0 spiro atoms. The molecule has 1 aliphatic carbocycles. The van der Waals surface area contributed by atoms with Crippen molar-refractivity contribution in [1.82, 2.24) is 31.1 Å². The van der Waals surface area contributed by atoms with Gasteiger partial charge in [0.15, 0.2) is 0 Å². The maximum atomic E-state index is 13.1. The predicted octanol–water partition coefficient (Wildman–Crippen LogP) is 2.62. The minimum absolute atomic E-state index is 0.152. The number of benzene rings is 1. The van der Waals surface area contributed by atoms with E-state index < -0.39 is 0 Å². The molecule has 0 aromatic heterocycles. The van der Waals surface area contributed by atoms with Gasteiger partial charge in [0.1, 0.15) is 6.29 Å². The lowest BCUT2D eigenvalue weighted by Gasteiger charge is -2.48. The Labute approximate surface area is 205 Å². The molecule has 8 heteroatoms. The SMILES string of the molecule is CC1CC(NCCN(C)C)NC(NC(=O)Nc2ccc3c(c2)CNCC3)N1C1CCCCCC1. The molecule has 8 nitrogen and oxygen atoms in total. The number of anilines is 1. The van der Waals surface area contributed by atoms with E-state index in [-0.39, 0.29) is 18.5 Å². The van der Waals surface area contributed by atoms with Gasteiger partial charge in [0.2, 0.25) is 0 Å². The Bertz CT molecular complexity index is 793.